The van der Waals surface area contributed by atoms with Crippen molar-refractivity contribution >= 4 is 21.3 Å². The first-order valence-corrected chi connectivity index (χ1v) is 11.1. The molecule has 0 spiro atoms. The van der Waals surface area contributed by atoms with Gasteiger partial charge in [-0.3, -0.25) is 4.98 Å². The molecule has 4 rings (SSSR count). The minimum atomic E-state index is -3.94. The molecule has 6 nitrogen and oxygen atoms in total. The zero-order valence-corrected chi connectivity index (χ0v) is 16.4. The molecule has 0 amide bonds. The van der Waals surface area contributed by atoms with Gasteiger partial charge in [0.2, 0.25) is 5.95 Å². The third kappa shape index (κ3) is 3.32. The number of anilines is 2. The van der Waals surface area contributed by atoms with E-state index in [0.717, 1.165) is 24.8 Å². The maximum absolute atomic E-state index is 15.4. The number of rotatable bonds is 3. The minimum absolute atomic E-state index is 0.0222. The van der Waals surface area contributed by atoms with Gasteiger partial charge in [0.25, 0.3) is 0 Å². The van der Waals surface area contributed by atoms with Crippen LogP contribution in [0.3, 0.4) is 0 Å². The van der Waals surface area contributed by atoms with E-state index in [1.165, 1.54) is 4.90 Å². The van der Waals surface area contributed by atoms with Crippen molar-refractivity contribution in [3.8, 4) is 0 Å². The fourth-order valence-electron chi connectivity index (χ4n) is 3.97. The van der Waals surface area contributed by atoms with Gasteiger partial charge >= 0.3 is 0 Å². The average Bonchev–Trinajstić information content (AvgIpc) is 2.67. The highest BCUT2D eigenvalue weighted by Gasteiger charge is 2.38. The van der Waals surface area contributed by atoms with Gasteiger partial charge in [0, 0.05) is 38.1 Å². The summed E-state index contributed by atoms with van der Waals surface area (Å²) in [5, 5.41) is 0. The summed E-state index contributed by atoms with van der Waals surface area (Å²) in [5.74, 6) is -2.36. The van der Waals surface area contributed by atoms with Crippen LogP contribution in [-0.4, -0.2) is 43.3 Å². The molecule has 2 aromatic heterocycles. The first-order valence-electron chi connectivity index (χ1n) is 9.40. The van der Waals surface area contributed by atoms with Gasteiger partial charge in [0.05, 0.1) is 5.75 Å². The van der Waals surface area contributed by atoms with Crippen molar-refractivity contribution in [2.75, 3.05) is 28.6 Å². The van der Waals surface area contributed by atoms with E-state index in [-0.39, 0.29) is 36.4 Å². The molecule has 0 unspecified atom stereocenters. The van der Waals surface area contributed by atoms with Gasteiger partial charge in [-0.1, -0.05) is 6.07 Å². The Morgan fingerprint density at radius 1 is 1.25 bits per heavy atom. The highest BCUT2D eigenvalue weighted by Crippen LogP contribution is 2.39. The number of hydrogen-bond acceptors (Lipinski definition) is 6. The quantitative estimate of drug-likeness (QED) is 0.728. The van der Waals surface area contributed by atoms with E-state index in [1.54, 1.807) is 29.4 Å². The van der Waals surface area contributed by atoms with Crippen molar-refractivity contribution < 1.29 is 17.2 Å². The number of nitrogens with zero attached hydrogens (tertiary/aromatic N) is 4. The smallest absolute Gasteiger partial charge is 0.239 e. The van der Waals surface area contributed by atoms with E-state index >= 15 is 8.78 Å². The first-order chi connectivity index (χ1) is 13.4. The van der Waals surface area contributed by atoms with Crippen LogP contribution in [0.25, 0.3) is 0 Å². The van der Waals surface area contributed by atoms with Gasteiger partial charge in [-0.2, -0.15) is 9.37 Å². The van der Waals surface area contributed by atoms with E-state index in [2.05, 4.69) is 9.97 Å². The molecular formula is C19H22F2N4O2S. The maximum Gasteiger partial charge on any atom is 0.239 e. The Balaban J connectivity index is 1.82. The largest absolute Gasteiger partial charge is 0.361 e. The molecule has 4 heterocycles. The molecule has 150 valence electrons. The maximum atomic E-state index is 15.4. The summed E-state index contributed by atoms with van der Waals surface area (Å²) in [6.45, 7) is 2.75. The Bertz CT molecular complexity index is 985. The predicted octanol–water partition coefficient (Wildman–Crippen LogP) is 2.93. The van der Waals surface area contributed by atoms with Gasteiger partial charge in [-0.15, -0.1) is 0 Å². The topological polar surface area (TPSA) is 66.4 Å². The second kappa shape index (κ2) is 7.27. The summed E-state index contributed by atoms with van der Waals surface area (Å²) < 4.78 is 55.8. The Hall–Kier alpha value is -2.29. The Kier molecular flexibility index (Phi) is 4.95. The first kappa shape index (κ1) is 19.0. The van der Waals surface area contributed by atoms with Crippen LogP contribution in [-0.2, 0) is 16.4 Å². The molecule has 0 aromatic carbocycles. The van der Waals surface area contributed by atoms with Crippen LogP contribution < -0.4 is 9.80 Å². The highest BCUT2D eigenvalue weighted by atomic mass is 32.2. The van der Waals surface area contributed by atoms with Crippen LogP contribution in [0.4, 0.5) is 20.3 Å². The second-order valence-electron chi connectivity index (χ2n) is 7.36. The molecular weight excluding hydrogens is 386 g/mol. The summed E-state index contributed by atoms with van der Waals surface area (Å²) in [6, 6.07) is 3.53. The summed E-state index contributed by atoms with van der Waals surface area (Å²) in [7, 11) is -3.94. The fourth-order valence-corrected chi connectivity index (χ4v) is 5.51. The number of pyridine rings is 2. The third-order valence-corrected chi connectivity index (χ3v) is 7.15. The lowest BCUT2D eigenvalue weighted by atomic mass is 10.0. The van der Waals surface area contributed by atoms with Gasteiger partial charge in [-0.25, -0.2) is 12.8 Å². The standard InChI is InChI=1S/C19H22F2N4O2S/c1-13-5-2-3-8-25(13)19-15(20)17-16(18(21)23-19)24(9-10-28(17,26)27)12-14-6-4-7-22-11-14/h4,6-7,11,13H,2-3,5,8-10,12H2,1H3/t13-/m1/s1. The van der Waals surface area contributed by atoms with Crippen molar-refractivity contribution in [1.29, 1.82) is 0 Å². The molecule has 2 aromatic rings. The molecule has 9 heteroatoms. The molecule has 1 fully saturated rings. The molecule has 0 saturated carbocycles. The number of aromatic nitrogens is 2. The minimum Gasteiger partial charge on any atom is -0.361 e. The van der Waals surface area contributed by atoms with E-state index in [0.29, 0.717) is 6.54 Å². The molecule has 1 atom stereocenters. The van der Waals surface area contributed by atoms with Crippen LogP contribution in [0.2, 0.25) is 0 Å². The predicted molar refractivity (Wildman–Crippen MR) is 102 cm³/mol. The normalized spacial score (nSPS) is 21.5. The van der Waals surface area contributed by atoms with Gasteiger partial charge < -0.3 is 9.80 Å². The summed E-state index contributed by atoms with van der Waals surface area (Å²) in [4.78, 5) is 10.5. The third-order valence-electron chi connectivity index (χ3n) is 5.44. The highest BCUT2D eigenvalue weighted by molar-refractivity contribution is 7.91. The number of halogens is 2. The van der Waals surface area contributed by atoms with Crippen molar-refractivity contribution in [1.82, 2.24) is 9.97 Å². The summed E-state index contributed by atoms with van der Waals surface area (Å²) in [5.41, 5.74) is 0.502. The Labute approximate surface area is 163 Å². The zero-order chi connectivity index (χ0) is 19.9. The molecule has 0 N–H and O–H groups in total. The lowest BCUT2D eigenvalue weighted by molar-refractivity contribution is 0.456. The van der Waals surface area contributed by atoms with Crippen LogP contribution in [0.5, 0.6) is 0 Å². The Morgan fingerprint density at radius 2 is 2.07 bits per heavy atom. The lowest BCUT2D eigenvalue weighted by Crippen LogP contribution is -2.41. The van der Waals surface area contributed by atoms with Gasteiger partial charge in [0.1, 0.15) is 10.6 Å². The van der Waals surface area contributed by atoms with E-state index < -0.39 is 26.5 Å². The lowest BCUT2D eigenvalue weighted by Gasteiger charge is -2.36. The molecule has 0 radical (unpaired) electrons. The second-order valence-corrected chi connectivity index (χ2v) is 9.40. The molecule has 2 aliphatic heterocycles. The molecule has 0 bridgehead atoms. The summed E-state index contributed by atoms with van der Waals surface area (Å²) in [6.07, 6.45) is 5.91. The van der Waals surface area contributed by atoms with Crippen LogP contribution in [0.1, 0.15) is 31.7 Å². The zero-order valence-electron chi connectivity index (χ0n) is 15.6. The average molecular weight is 408 g/mol. The SMILES string of the molecule is C[C@@H]1CCCCN1c1nc(F)c2c(c1F)S(=O)(=O)CCN2Cc1cccnc1. The summed E-state index contributed by atoms with van der Waals surface area (Å²) >= 11 is 0. The van der Waals surface area contributed by atoms with Crippen LogP contribution in [0.15, 0.2) is 29.4 Å². The molecule has 0 aliphatic carbocycles. The number of piperidine rings is 1. The van der Waals surface area contributed by atoms with Crippen molar-refractivity contribution in [3.05, 3.63) is 41.9 Å². The number of fused-ring (bicyclic) bond motifs is 1. The van der Waals surface area contributed by atoms with Crippen molar-refractivity contribution in [2.45, 2.75) is 43.7 Å². The number of hydrogen-bond donors (Lipinski definition) is 0. The van der Waals surface area contributed by atoms with E-state index in [4.69, 9.17) is 0 Å². The van der Waals surface area contributed by atoms with Crippen molar-refractivity contribution in [2.24, 2.45) is 0 Å². The van der Waals surface area contributed by atoms with Crippen molar-refractivity contribution in [3.63, 3.8) is 0 Å². The molecule has 1 saturated heterocycles. The van der Waals surface area contributed by atoms with Crippen LogP contribution in [0, 0.1) is 11.8 Å². The van der Waals surface area contributed by atoms with Gasteiger partial charge in [-0.05, 0) is 37.8 Å². The number of sulfone groups is 1. The molecule has 28 heavy (non-hydrogen) atoms. The molecule has 2 aliphatic rings. The fraction of sp³-hybridized carbons (Fsp3) is 0.474. The van der Waals surface area contributed by atoms with Crippen LogP contribution >= 0.6 is 0 Å². The monoisotopic (exact) mass is 408 g/mol. The Morgan fingerprint density at radius 3 is 2.79 bits per heavy atom. The van der Waals surface area contributed by atoms with E-state index in [9.17, 15) is 8.42 Å². The van der Waals surface area contributed by atoms with E-state index in [1.807, 2.05) is 6.92 Å². The van der Waals surface area contributed by atoms with Gasteiger partial charge in [0.15, 0.2) is 21.5 Å².